The Balaban J connectivity index is 1.33. The molecular weight excluding hydrogens is 404 g/mol. The molecule has 0 aromatic heterocycles. The van der Waals surface area contributed by atoms with Crippen LogP contribution >= 0.6 is 23.5 Å². The molecule has 0 amide bonds. The summed E-state index contributed by atoms with van der Waals surface area (Å²) >= 11 is 3.72. The zero-order valence-electron chi connectivity index (χ0n) is 18.6. The van der Waals surface area contributed by atoms with Gasteiger partial charge in [0.1, 0.15) is 0 Å². The van der Waals surface area contributed by atoms with Crippen molar-refractivity contribution in [3.63, 3.8) is 0 Å². The molecular formula is C27H34OS2. The maximum Gasteiger partial charge on any atom is 0.166 e. The van der Waals surface area contributed by atoms with Crippen molar-refractivity contribution in [1.29, 1.82) is 0 Å². The molecule has 3 heteroatoms. The molecule has 1 aliphatic heterocycles. The fourth-order valence-electron chi connectivity index (χ4n) is 8.23. The first-order valence-electron chi connectivity index (χ1n) is 12.1. The van der Waals surface area contributed by atoms with Crippen molar-refractivity contribution in [2.24, 2.45) is 34.5 Å². The summed E-state index contributed by atoms with van der Waals surface area (Å²) in [5, 5.41) is 0. The third-order valence-electron chi connectivity index (χ3n) is 9.94. The van der Waals surface area contributed by atoms with E-state index in [0.717, 1.165) is 30.6 Å². The Bertz CT molecular complexity index is 948. The van der Waals surface area contributed by atoms with Crippen molar-refractivity contribution in [1.82, 2.24) is 0 Å². The maximum absolute atomic E-state index is 13.8. The van der Waals surface area contributed by atoms with Crippen molar-refractivity contribution in [2.75, 3.05) is 0 Å². The van der Waals surface area contributed by atoms with E-state index >= 15 is 0 Å². The molecule has 6 rings (SSSR count). The molecule has 4 fully saturated rings. The number of fused-ring (bicyclic) bond motifs is 6. The number of carbonyl (C=O) groups excluding carboxylic acids is 1. The van der Waals surface area contributed by atoms with Gasteiger partial charge in [-0.25, -0.2) is 0 Å². The highest BCUT2D eigenvalue weighted by Gasteiger charge is 2.61. The fourth-order valence-corrected chi connectivity index (χ4v) is 10.9. The first-order chi connectivity index (χ1) is 14.4. The van der Waals surface area contributed by atoms with Gasteiger partial charge in [0.05, 0.1) is 4.24 Å². The summed E-state index contributed by atoms with van der Waals surface area (Å²) in [6.07, 6.45) is 12.0. The summed E-state index contributed by atoms with van der Waals surface area (Å²) in [6.45, 7) is 7.13. The fraction of sp³-hybridized carbons (Fsp3) is 0.667. The molecule has 30 heavy (non-hydrogen) atoms. The molecule has 1 aromatic rings. The molecule has 0 spiro atoms. The highest BCUT2D eigenvalue weighted by atomic mass is 32.2. The van der Waals surface area contributed by atoms with Crippen LogP contribution in [0.5, 0.6) is 0 Å². The lowest BCUT2D eigenvalue weighted by Gasteiger charge is -2.59. The molecule has 1 heterocycles. The van der Waals surface area contributed by atoms with E-state index < -0.39 is 0 Å². The Kier molecular flexibility index (Phi) is 4.60. The van der Waals surface area contributed by atoms with Crippen LogP contribution in [0.4, 0.5) is 0 Å². The van der Waals surface area contributed by atoms with Crippen LogP contribution in [0, 0.1) is 41.4 Å². The van der Waals surface area contributed by atoms with Gasteiger partial charge in [0.15, 0.2) is 5.78 Å². The molecule has 0 bridgehead atoms. The van der Waals surface area contributed by atoms with E-state index in [9.17, 15) is 4.79 Å². The lowest BCUT2D eigenvalue weighted by Crippen LogP contribution is -2.52. The molecule has 1 aromatic carbocycles. The second-order valence-corrected chi connectivity index (χ2v) is 13.7. The summed E-state index contributed by atoms with van der Waals surface area (Å²) in [4.78, 5) is 16.5. The van der Waals surface area contributed by atoms with Gasteiger partial charge in [0.2, 0.25) is 0 Å². The Morgan fingerprint density at radius 2 is 1.77 bits per heavy atom. The van der Waals surface area contributed by atoms with E-state index in [0.29, 0.717) is 17.1 Å². The standard InChI is InChI=1S/C27H34OS2/c1-16-7-10-22-23(14-16)30-25(29-22)19-15-21-18-9-8-17-6-4-5-12-26(17,2)20(18)11-13-27(21,3)24(19)28/h7,10,14,17-18,20-21H,4-6,8-9,11-13,15H2,1-3H3/b25-19-/t17-,18-,20+,21+,26+,27+/m1/s1. The molecule has 0 unspecified atom stereocenters. The molecule has 160 valence electrons. The minimum absolute atomic E-state index is 0.104. The second kappa shape index (κ2) is 6.91. The molecule has 0 saturated heterocycles. The number of thioether (sulfide) groups is 2. The van der Waals surface area contributed by atoms with Crippen LogP contribution in [0.15, 0.2) is 37.8 Å². The molecule has 0 radical (unpaired) electrons. The topological polar surface area (TPSA) is 17.1 Å². The number of rotatable bonds is 0. The Labute approximate surface area is 190 Å². The smallest absolute Gasteiger partial charge is 0.166 e. The normalized spacial score (nSPS) is 45.0. The summed E-state index contributed by atoms with van der Waals surface area (Å²) in [7, 11) is 0. The van der Waals surface area contributed by atoms with Crippen molar-refractivity contribution in [3.8, 4) is 0 Å². The number of aryl methyl sites for hydroxylation is 1. The highest BCUT2D eigenvalue weighted by molar-refractivity contribution is 8.24. The third-order valence-corrected chi connectivity index (χ3v) is 12.6. The molecule has 0 N–H and O–H groups in total. The van der Waals surface area contributed by atoms with E-state index in [-0.39, 0.29) is 5.41 Å². The maximum atomic E-state index is 13.8. The average molecular weight is 439 g/mol. The predicted molar refractivity (Wildman–Crippen MR) is 127 cm³/mol. The summed E-state index contributed by atoms with van der Waals surface area (Å²) in [5.74, 6) is 3.66. The van der Waals surface area contributed by atoms with Crippen LogP contribution in [0.2, 0.25) is 0 Å². The van der Waals surface area contributed by atoms with Crippen LogP contribution in [-0.2, 0) is 4.79 Å². The van der Waals surface area contributed by atoms with E-state index in [4.69, 9.17) is 0 Å². The van der Waals surface area contributed by atoms with Crippen LogP contribution in [0.25, 0.3) is 0 Å². The largest absolute Gasteiger partial charge is 0.294 e. The third kappa shape index (κ3) is 2.73. The minimum Gasteiger partial charge on any atom is -0.294 e. The molecule has 6 atom stereocenters. The Morgan fingerprint density at radius 3 is 2.63 bits per heavy atom. The van der Waals surface area contributed by atoms with E-state index in [1.54, 1.807) is 0 Å². The van der Waals surface area contributed by atoms with Gasteiger partial charge in [-0.3, -0.25) is 4.79 Å². The Morgan fingerprint density at radius 1 is 0.933 bits per heavy atom. The summed E-state index contributed by atoms with van der Waals surface area (Å²) < 4.78 is 1.30. The van der Waals surface area contributed by atoms with Crippen molar-refractivity contribution >= 4 is 29.3 Å². The zero-order valence-corrected chi connectivity index (χ0v) is 20.3. The van der Waals surface area contributed by atoms with Crippen molar-refractivity contribution in [2.45, 2.75) is 88.3 Å². The minimum atomic E-state index is -0.104. The van der Waals surface area contributed by atoms with Crippen LogP contribution in [-0.4, -0.2) is 5.78 Å². The van der Waals surface area contributed by atoms with E-state index in [1.165, 1.54) is 70.1 Å². The lowest BCUT2D eigenvalue weighted by molar-refractivity contribution is -0.137. The number of hydrogen-bond donors (Lipinski definition) is 0. The quantitative estimate of drug-likeness (QED) is 0.382. The zero-order chi connectivity index (χ0) is 20.7. The first kappa shape index (κ1) is 20.0. The Hall–Kier alpha value is -0.670. The lowest BCUT2D eigenvalue weighted by atomic mass is 9.45. The van der Waals surface area contributed by atoms with Gasteiger partial charge in [-0.2, -0.15) is 0 Å². The monoisotopic (exact) mass is 438 g/mol. The predicted octanol–water partition coefficient (Wildman–Crippen LogP) is 8.02. The number of hydrogen-bond acceptors (Lipinski definition) is 3. The van der Waals surface area contributed by atoms with Crippen LogP contribution in [0.3, 0.4) is 0 Å². The van der Waals surface area contributed by atoms with E-state index in [1.807, 2.05) is 23.5 Å². The number of allylic oxidation sites excluding steroid dienone is 1. The van der Waals surface area contributed by atoms with Crippen molar-refractivity contribution < 1.29 is 4.79 Å². The molecule has 5 aliphatic rings. The average Bonchev–Trinajstić information content (AvgIpc) is 3.25. The second-order valence-electron chi connectivity index (χ2n) is 11.3. The van der Waals surface area contributed by atoms with Gasteiger partial charge < -0.3 is 0 Å². The van der Waals surface area contributed by atoms with Gasteiger partial charge in [0, 0.05) is 20.8 Å². The number of ketones is 1. The first-order valence-corrected chi connectivity index (χ1v) is 13.8. The summed E-state index contributed by atoms with van der Waals surface area (Å²) in [5.41, 5.74) is 2.94. The molecule has 4 aliphatic carbocycles. The van der Waals surface area contributed by atoms with Gasteiger partial charge in [0.25, 0.3) is 0 Å². The van der Waals surface area contributed by atoms with E-state index in [2.05, 4.69) is 39.0 Å². The summed E-state index contributed by atoms with van der Waals surface area (Å²) in [6, 6.07) is 6.73. The highest BCUT2D eigenvalue weighted by Crippen LogP contribution is 2.67. The van der Waals surface area contributed by atoms with Gasteiger partial charge in [-0.1, -0.05) is 56.3 Å². The van der Waals surface area contributed by atoms with Gasteiger partial charge in [-0.15, -0.1) is 0 Å². The van der Waals surface area contributed by atoms with Gasteiger partial charge in [-0.05, 0) is 98.7 Å². The number of benzene rings is 1. The van der Waals surface area contributed by atoms with Crippen molar-refractivity contribution in [3.05, 3.63) is 33.6 Å². The number of carbonyl (C=O) groups is 1. The molecule has 4 saturated carbocycles. The number of Topliss-reactive ketones (excluding diaryl/α,β-unsaturated/α-hetero) is 1. The van der Waals surface area contributed by atoms with Crippen LogP contribution in [0.1, 0.15) is 77.2 Å². The molecule has 1 nitrogen and oxygen atoms in total. The van der Waals surface area contributed by atoms with Gasteiger partial charge >= 0.3 is 0 Å². The van der Waals surface area contributed by atoms with Crippen LogP contribution < -0.4 is 0 Å². The SMILES string of the molecule is Cc1ccc2c(c1)S/C(=C1/C[C@H]3[C@@H]4CC[C@H]5CCCC[C@]5(C)[C@H]4CC[C@]3(C)C1=O)S2.